The summed E-state index contributed by atoms with van der Waals surface area (Å²) in [6.07, 6.45) is 1.63. The summed E-state index contributed by atoms with van der Waals surface area (Å²) in [4.78, 5) is 18.1. The molecule has 0 saturated heterocycles. The van der Waals surface area contributed by atoms with E-state index in [0.29, 0.717) is 11.4 Å². The fourth-order valence-corrected chi connectivity index (χ4v) is 1.92. The Kier molecular flexibility index (Phi) is 4.16. The summed E-state index contributed by atoms with van der Waals surface area (Å²) < 4.78 is 0.758. The van der Waals surface area contributed by atoms with Crippen molar-refractivity contribution in [1.82, 2.24) is 4.98 Å². The van der Waals surface area contributed by atoms with Crippen molar-refractivity contribution in [1.29, 1.82) is 0 Å². The van der Waals surface area contributed by atoms with E-state index < -0.39 is 0 Å². The number of amides is 1. The lowest BCUT2D eigenvalue weighted by Gasteiger charge is -2.12. The van der Waals surface area contributed by atoms with Crippen LogP contribution in [0, 0.1) is 0 Å². The Balaban J connectivity index is 2.14. The first-order chi connectivity index (χ1) is 9.08. The van der Waals surface area contributed by atoms with Gasteiger partial charge in [0.15, 0.2) is 0 Å². The zero-order chi connectivity index (χ0) is 13.8. The molecule has 1 heterocycles. The summed E-state index contributed by atoms with van der Waals surface area (Å²) in [5, 5.41) is 2.76. The Hall–Kier alpha value is -1.88. The summed E-state index contributed by atoms with van der Waals surface area (Å²) >= 11 is 3.34. The fraction of sp³-hybridized carbons (Fsp3) is 0.143. The van der Waals surface area contributed by atoms with Gasteiger partial charge in [-0.3, -0.25) is 4.79 Å². The number of anilines is 2. The molecule has 0 bridgehead atoms. The molecule has 1 N–H and O–H groups in total. The summed E-state index contributed by atoms with van der Waals surface area (Å²) in [7, 11) is 3.92. The van der Waals surface area contributed by atoms with Crippen LogP contribution in [0.2, 0.25) is 0 Å². The van der Waals surface area contributed by atoms with Crippen LogP contribution in [0.3, 0.4) is 0 Å². The molecule has 2 aromatic rings. The van der Waals surface area contributed by atoms with Crippen molar-refractivity contribution in [3.05, 3.63) is 52.6 Å². The van der Waals surface area contributed by atoms with Crippen LogP contribution in [0.1, 0.15) is 10.4 Å². The number of carbonyl (C=O) groups excluding carboxylic acids is 1. The maximum atomic E-state index is 12.1. The van der Waals surface area contributed by atoms with Crippen LogP contribution in [0.4, 0.5) is 11.5 Å². The molecule has 0 fully saturated rings. The van der Waals surface area contributed by atoms with Gasteiger partial charge in [0.1, 0.15) is 5.82 Å². The zero-order valence-electron chi connectivity index (χ0n) is 10.7. The van der Waals surface area contributed by atoms with Gasteiger partial charge in [0.2, 0.25) is 0 Å². The van der Waals surface area contributed by atoms with Gasteiger partial charge >= 0.3 is 0 Å². The minimum atomic E-state index is -0.176. The highest BCUT2D eigenvalue weighted by Crippen LogP contribution is 2.19. The van der Waals surface area contributed by atoms with E-state index in [2.05, 4.69) is 26.2 Å². The van der Waals surface area contributed by atoms with Gasteiger partial charge in [0, 0.05) is 31.5 Å². The van der Waals surface area contributed by atoms with Crippen molar-refractivity contribution in [2.24, 2.45) is 0 Å². The van der Waals surface area contributed by atoms with Crippen molar-refractivity contribution in [2.75, 3.05) is 24.3 Å². The minimum absolute atomic E-state index is 0.176. The predicted molar refractivity (Wildman–Crippen MR) is 80.7 cm³/mol. The number of pyridine rings is 1. The zero-order valence-corrected chi connectivity index (χ0v) is 12.3. The third kappa shape index (κ3) is 3.32. The Morgan fingerprint density at radius 1 is 1.21 bits per heavy atom. The highest BCUT2D eigenvalue weighted by molar-refractivity contribution is 9.10. The number of hydrogen-bond donors (Lipinski definition) is 1. The summed E-state index contributed by atoms with van der Waals surface area (Å²) in [6, 6.07) is 11.0. The summed E-state index contributed by atoms with van der Waals surface area (Å²) in [5.74, 6) is 0.342. The Labute approximate surface area is 120 Å². The van der Waals surface area contributed by atoms with Crippen molar-refractivity contribution >= 4 is 33.3 Å². The average molecular weight is 320 g/mol. The van der Waals surface area contributed by atoms with Gasteiger partial charge < -0.3 is 10.2 Å². The van der Waals surface area contributed by atoms with Gasteiger partial charge in [-0.25, -0.2) is 4.98 Å². The number of carbonyl (C=O) groups is 1. The molecule has 1 aromatic heterocycles. The third-order valence-corrected chi connectivity index (χ3v) is 3.28. The number of halogens is 1. The number of nitrogens with one attached hydrogen (secondary N) is 1. The topological polar surface area (TPSA) is 45.2 Å². The lowest BCUT2D eigenvalue weighted by Crippen LogP contribution is -2.14. The first-order valence-electron chi connectivity index (χ1n) is 5.77. The highest BCUT2D eigenvalue weighted by Gasteiger charge is 2.09. The van der Waals surface area contributed by atoms with E-state index in [1.165, 1.54) is 0 Å². The van der Waals surface area contributed by atoms with Crippen LogP contribution >= 0.6 is 15.9 Å². The van der Waals surface area contributed by atoms with Gasteiger partial charge in [-0.05, 0) is 52.3 Å². The van der Waals surface area contributed by atoms with Gasteiger partial charge in [-0.2, -0.15) is 0 Å². The van der Waals surface area contributed by atoms with Gasteiger partial charge in [0.25, 0.3) is 5.91 Å². The van der Waals surface area contributed by atoms with E-state index in [0.717, 1.165) is 10.2 Å². The predicted octanol–water partition coefficient (Wildman–Crippen LogP) is 3.16. The van der Waals surface area contributed by atoms with Gasteiger partial charge in [-0.15, -0.1) is 0 Å². The van der Waals surface area contributed by atoms with Crippen molar-refractivity contribution < 1.29 is 4.79 Å². The van der Waals surface area contributed by atoms with Gasteiger partial charge in [0.05, 0.1) is 4.47 Å². The van der Waals surface area contributed by atoms with Crippen LogP contribution < -0.4 is 10.2 Å². The second-order valence-electron chi connectivity index (χ2n) is 4.23. The molecule has 1 aromatic carbocycles. The molecule has 4 nitrogen and oxygen atoms in total. The molecule has 0 aliphatic rings. The van der Waals surface area contributed by atoms with Crippen LogP contribution in [0.15, 0.2) is 47.1 Å². The molecule has 19 heavy (non-hydrogen) atoms. The van der Waals surface area contributed by atoms with E-state index >= 15 is 0 Å². The molecule has 0 atom stereocenters. The van der Waals surface area contributed by atoms with Crippen LogP contribution in [-0.2, 0) is 0 Å². The average Bonchev–Trinajstić information content (AvgIpc) is 2.41. The second-order valence-corrected chi connectivity index (χ2v) is 5.08. The maximum Gasteiger partial charge on any atom is 0.256 e. The molecule has 2 rings (SSSR count). The molecule has 1 amide bonds. The molecule has 0 radical (unpaired) electrons. The quantitative estimate of drug-likeness (QED) is 0.945. The molecule has 5 heteroatoms. The molecule has 0 unspecified atom stereocenters. The Morgan fingerprint density at radius 3 is 2.47 bits per heavy atom. The molecular formula is C14H14BrN3O. The number of nitrogens with zero attached hydrogens (tertiary/aromatic N) is 2. The van der Waals surface area contributed by atoms with Crippen LogP contribution in [0.25, 0.3) is 0 Å². The van der Waals surface area contributed by atoms with Gasteiger partial charge in [-0.1, -0.05) is 0 Å². The van der Waals surface area contributed by atoms with E-state index in [9.17, 15) is 4.79 Å². The van der Waals surface area contributed by atoms with E-state index in [1.54, 1.807) is 24.4 Å². The number of rotatable bonds is 3. The molecule has 0 saturated carbocycles. The Morgan fingerprint density at radius 2 is 1.89 bits per heavy atom. The smallest absolute Gasteiger partial charge is 0.256 e. The molecule has 0 aliphatic carbocycles. The Bertz CT molecular complexity index is 581. The maximum absolute atomic E-state index is 12.1. The lowest BCUT2D eigenvalue weighted by molar-refractivity contribution is 0.102. The lowest BCUT2D eigenvalue weighted by atomic mass is 10.2. The molecule has 98 valence electrons. The monoisotopic (exact) mass is 319 g/mol. The summed E-state index contributed by atoms with van der Waals surface area (Å²) in [5.41, 5.74) is 1.65. The van der Waals surface area contributed by atoms with Crippen LogP contribution in [0.5, 0.6) is 0 Å². The van der Waals surface area contributed by atoms with Crippen molar-refractivity contribution in [3.8, 4) is 0 Å². The number of aromatic nitrogens is 1. The first-order valence-corrected chi connectivity index (χ1v) is 6.56. The number of benzene rings is 1. The molecular weight excluding hydrogens is 306 g/mol. The summed E-state index contributed by atoms with van der Waals surface area (Å²) in [6.45, 7) is 0. The minimum Gasteiger partial charge on any atom is -0.378 e. The fourth-order valence-electron chi connectivity index (χ4n) is 1.57. The largest absolute Gasteiger partial charge is 0.378 e. The van der Waals surface area contributed by atoms with Crippen LogP contribution in [-0.4, -0.2) is 25.0 Å². The molecule has 0 spiro atoms. The first kappa shape index (κ1) is 13.5. The van der Waals surface area contributed by atoms with E-state index in [1.807, 2.05) is 37.2 Å². The van der Waals surface area contributed by atoms with E-state index in [-0.39, 0.29) is 5.91 Å². The second kappa shape index (κ2) is 5.84. The standard InChI is InChI=1S/C14H14BrN3O/c1-18(2)11-7-5-10(6-8-11)14(19)17-13-12(15)4-3-9-16-13/h3-9H,1-2H3,(H,16,17,19). The van der Waals surface area contributed by atoms with Crippen molar-refractivity contribution in [3.63, 3.8) is 0 Å². The SMILES string of the molecule is CN(C)c1ccc(C(=O)Nc2ncccc2Br)cc1. The highest BCUT2D eigenvalue weighted by atomic mass is 79.9. The van der Waals surface area contributed by atoms with E-state index in [4.69, 9.17) is 0 Å². The molecule has 0 aliphatic heterocycles. The normalized spacial score (nSPS) is 10.1. The van der Waals surface area contributed by atoms with Crippen molar-refractivity contribution in [2.45, 2.75) is 0 Å². The third-order valence-electron chi connectivity index (χ3n) is 2.64. The number of hydrogen-bond acceptors (Lipinski definition) is 3.